The summed E-state index contributed by atoms with van der Waals surface area (Å²) in [4.78, 5) is 1.66. The van der Waals surface area contributed by atoms with E-state index in [-0.39, 0.29) is 0 Å². The Hall–Kier alpha value is 0.360. The lowest BCUT2D eigenvalue weighted by Crippen LogP contribution is -1.86. The Morgan fingerprint density at radius 3 is 2.62 bits per heavy atom. The largest absolute Gasteiger partial charge is 0.152 e. The second-order valence-corrected chi connectivity index (χ2v) is 6.05. The third kappa shape index (κ3) is 2.06. The van der Waals surface area contributed by atoms with E-state index in [1.807, 2.05) is 0 Å². The van der Waals surface area contributed by atoms with Crippen LogP contribution in [0.2, 0.25) is 0 Å². The summed E-state index contributed by atoms with van der Waals surface area (Å²) in [5.74, 6) is 0. The standard InChI is InChI=1S/C9H6Br2S2/c10-7-2-4-13-9(7)8(11)6-1-3-12-5-6/h1-5,8H. The van der Waals surface area contributed by atoms with Gasteiger partial charge in [0, 0.05) is 9.35 Å². The Morgan fingerprint density at radius 2 is 2.08 bits per heavy atom. The second kappa shape index (κ2) is 4.26. The average Bonchev–Trinajstić information content (AvgIpc) is 2.72. The van der Waals surface area contributed by atoms with Crippen LogP contribution in [0.5, 0.6) is 0 Å². The maximum atomic E-state index is 3.69. The number of alkyl halides is 1. The fourth-order valence-electron chi connectivity index (χ4n) is 1.06. The molecule has 13 heavy (non-hydrogen) atoms. The third-order valence-corrected chi connectivity index (χ3v) is 5.64. The predicted octanol–water partition coefficient (Wildman–Crippen LogP) is 5.06. The van der Waals surface area contributed by atoms with Crippen molar-refractivity contribution >= 4 is 54.5 Å². The molecule has 0 spiro atoms. The van der Waals surface area contributed by atoms with E-state index in [1.54, 1.807) is 22.7 Å². The van der Waals surface area contributed by atoms with E-state index in [9.17, 15) is 0 Å². The molecule has 2 rings (SSSR count). The lowest BCUT2D eigenvalue weighted by atomic mass is 10.2. The van der Waals surface area contributed by atoms with Gasteiger partial charge in [-0.15, -0.1) is 11.3 Å². The topological polar surface area (TPSA) is 0 Å². The van der Waals surface area contributed by atoms with Crippen LogP contribution in [0.15, 0.2) is 32.7 Å². The molecule has 0 aliphatic carbocycles. The smallest absolute Gasteiger partial charge is 0.0757 e. The van der Waals surface area contributed by atoms with Crippen LogP contribution in [0, 0.1) is 0 Å². The molecule has 2 heterocycles. The van der Waals surface area contributed by atoms with Crippen molar-refractivity contribution in [2.45, 2.75) is 4.83 Å². The van der Waals surface area contributed by atoms with Crippen molar-refractivity contribution in [3.05, 3.63) is 43.2 Å². The highest BCUT2D eigenvalue weighted by atomic mass is 79.9. The summed E-state index contributed by atoms with van der Waals surface area (Å²) < 4.78 is 1.19. The van der Waals surface area contributed by atoms with Gasteiger partial charge in [-0.05, 0) is 49.8 Å². The van der Waals surface area contributed by atoms with Gasteiger partial charge >= 0.3 is 0 Å². The lowest BCUT2D eigenvalue weighted by molar-refractivity contribution is 1.24. The molecule has 0 bridgehead atoms. The molecule has 0 radical (unpaired) electrons. The highest BCUT2D eigenvalue weighted by molar-refractivity contribution is 9.11. The highest BCUT2D eigenvalue weighted by Gasteiger charge is 2.14. The van der Waals surface area contributed by atoms with Crippen LogP contribution in [0.4, 0.5) is 0 Å². The fraction of sp³-hybridized carbons (Fsp3) is 0.111. The SMILES string of the molecule is Brc1ccsc1C(Br)c1ccsc1. The molecule has 0 aliphatic heterocycles. The van der Waals surface area contributed by atoms with E-state index >= 15 is 0 Å². The molecular formula is C9H6Br2S2. The molecule has 1 atom stereocenters. The number of hydrogen-bond donors (Lipinski definition) is 0. The molecule has 4 heteroatoms. The van der Waals surface area contributed by atoms with Gasteiger partial charge in [0.25, 0.3) is 0 Å². The Morgan fingerprint density at radius 1 is 1.23 bits per heavy atom. The maximum absolute atomic E-state index is 3.69. The molecule has 68 valence electrons. The first kappa shape index (κ1) is 9.90. The second-order valence-electron chi connectivity index (χ2n) is 2.55. The molecular weight excluding hydrogens is 332 g/mol. The maximum Gasteiger partial charge on any atom is 0.0757 e. The van der Waals surface area contributed by atoms with Crippen LogP contribution in [-0.2, 0) is 0 Å². The predicted molar refractivity (Wildman–Crippen MR) is 67.1 cm³/mol. The van der Waals surface area contributed by atoms with E-state index in [1.165, 1.54) is 14.9 Å². The summed E-state index contributed by atoms with van der Waals surface area (Å²) in [6.07, 6.45) is 0. The zero-order valence-electron chi connectivity index (χ0n) is 6.54. The van der Waals surface area contributed by atoms with Crippen molar-refractivity contribution in [1.29, 1.82) is 0 Å². The van der Waals surface area contributed by atoms with E-state index in [0.717, 1.165) is 0 Å². The van der Waals surface area contributed by atoms with Crippen LogP contribution in [0.1, 0.15) is 15.3 Å². The highest BCUT2D eigenvalue weighted by Crippen LogP contribution is 2.39. The minimum Gasteiger partial charge on any atom is -0.152 e. The molecule has 0 aliphatic rings. The van der Waals surface area contributed by atoms with Gasteiger partial charge in [-0.3, -0.25) is 0 Å². The molecule has 2 aromatic rings. The van der Waals surface area contributed by atoms with Gasteiger partial charge in [-0.25, -0.2) is 0 Å². The Bertz CT molecular complexity index is 378. The van der Waals surface area contributed by atoms with Crippen molar-refractivity contribution in [1.82, 2.24) is 0 Å². The Labute approximate surface area is 102 Å². The van der Waals surface area contributed by atoms with E-state index in [0.29, 0.717) is 4.83 Å². The fourth-order valence-corrected chi connectivity index (χ4v) is 4.68. The molecule has 0 N–H and O–H groups in total. The van der Waals surface area contributed by atoms with Crippen molar-refractivity contribution < 1.29 is 0 Å². The first-order valence-corrected chi connectivity index (χ1v) is 7.21. The number of hydrogen-bond acceptors (Lipinski definition) is 2. The molecule has 0 fully saturated rings. The van der Waals surface area contributed by atoms with Crippen molar-refractivity contribution in [2.75, 3.05) is 0 Å². The molecule has 1 unspecified atom stereocenters. The van der Waals surface area contributed by atoms with Crippen molar-refractivity contribution in [2.24, 2.45) is 0 Å². The van der Waals surface area contributed by atoms with Gasteiger partial charge in [0.1, 0.15) is 0 Å². The first-order chi connectivity index (χ1) is 6.29. The van der Waals surface area contributed by atoms with Crippen LogP contribution in [-0.4, -0.2) is 0 Å². The minimum atomic E-state index is 0.327. The van der Waals surface area contributed by atoms with E-state index in [4.69, 9.17) is 0 Å². The van der Waals surface area contributed by atoms with Crippen LogP contribution < -0.4 is 0 Å². The molecule has 0 amide bonds. The summed E-state index contributed by atoms with van der Waals surface area (Å²) >= 11 is 10.7. The lowest BCUT2D eigenvalue weighted by Gasteiger charge is -2.05. The monoisotopic (exact) mass is 336 g/mol. The number of halogens is 2. The van der Waals surface area contributed by atoms with Gasteiger partial charge in [0.05, 0.1) is 4.83 Å². The Balaban J connectivity index is 2.33. The molecule has 0 saturated heterocycles. The normalized spacial score (nSPS) is 13.1. The van der Waals surface area contributed by atoms with Gasteiger partial charge in [-0.1, -0.05) is 15.9 Å². The van der Waals surface area contributed by atoms with Crippen LogP contribution in [0.3, 0.4) is 0 Å². The van der Waals surface area contributed by atoms with Crippen molar-refractivity contribution in [3.63, 3.8) is 0 Å². The Kier molecular flexibility index (Phi) is 3.24. The quantitative estimate of drug-likeness (QED) is 0.672. The summed E-state index contributed by atoms with van der Waals surface area (Å²) in [5.41, 5.74) is 1.33. The molecule has 0 aromatic carbocycles. The summed E-state index contributed by atoms with van der Waals surface area (Å²) in [7, 11) is 0. The first-order valence-electron chi connectivity index (χ1n) is 3.68. The van der Waals surface area contributed by atoms with Gasteiger partial charge in [-0.2, -0.15) is 11.3 Å². The minimum absolute atomic E-state index is 0.327. The van der Waals surface area contributed by atoms with Crippen molar-refractivity contribution in [3.8, 4) is 0 Å². The number of thiophene rings is 2. The van der Waals surface area contributed by atoms with Gasteiger partial charge in [0.15, 0.2) is 0 Å². The summed E-state index contributed by atoms with van der Waals surface area (Å²) in [6, 6.07) is 4.23. The zero-order chi connectivity index (χ0) is 9.26. The average molecular weight is 338 g/mol. The van der Waals surface area contributed by atoms with Crippen LogP contribution in [0.25, 0.3) is 0 Å². The van der Waals surface area contributed by atoms with Crippen LogP contribution >= 0.6 is 54.5 Å². The third-order valence-electron chi connectivity index (χ3n) is 1.71. The van der Waals surface area contributed by atoms with E-state index in [2.05, 4.69) is 60.1 Å². The molecule has 0 saturated carbocycles. The van der Waals surface area contributed by atoms with Gasteiger partial charge in [0.2, 0.25) is 0 Å². The number of rotatable bonds is 2. The molecule has 2 aromatic heterocycles. The zero-order valence-corrected chi connectivity index (χ0v) is 11.3. The van der Waals surface area contributed by atoms with E-state index < -0.39 is 0 Å². The molecule has 0 nitrogen and oxygen atoms in total. The summed E-state index contributed by atoms with van der Waals surface area (Å²) in [5, 5.41) is 6.37. The summed E-state index contributed by atoms with van der Waals surface area (Å²) in [6.45, 7) is 0. The van der Waals surface area contributed by atoms with Gasteiger partial charge < -0.3 is 0 Å².